The number of hydrogen-bond acceptors (Lipinski definition) is 1. The molecule has 1 aliphatic rings. The van der Waals surface area contributed by atoms with E-state index in [1.807, 2.05) is 18.2 Å². The Kier molecular flexibility index (Phi) is 4.28. The van der Waals surface area contributed by atoms with Gasteiger partial charge in [0.1, 0.15) is 0 Å². The summed E-state index contributed by atoms with van der Waals surface area (Å²) in [6.07, 6.45) is 3.22. The van der Waals surface area contributed by atoms with Crippen LogP contribution in [0.15, 0.2) is 30.3 Å². The lowest BCUT2D eigenvalue weighted by molar-refractivity contribution is -0.142. The third kappa shape index (κ3) is 3.59. The van der Waals surface area contributed by atoms with E-state index in [1.165, 1.54) is 12.0 Å². The van der Waals surface area contributed by atoms with Crippen molar-refractivity contribution in [2.75, 3.05) is 13.1 Å². The normalized spacial score (nSPS) is 20.4. The fourth-order valence-corrected chi connectivity index (χ4v) is 2.98. The van der Waals surface area contributed by atoms with E-state index in [4.69, 9.17) is 0 Å². The van der Waals surface area contributed by atoms with Gasteiger partial charge in [0.15, 0.2) is 0 Å². The highest BCUT2D eigenvalue weighted by Crippen LogP contribution is 2.27. The summed E-state index contributed by atoms with van der Waals surface area (Å²) in [6.45, 7) is 8.24. The topological polar surface area (TPSA) is 20.3 Å². The molecule has 1 heterocycles. The quantitative estimate of drug-likeness (QED) is 0.813. The molecule has 0 radical (unpaired) electrons. The molecule has 1 aliphatic heterocycles. The largest absolute Gasteiger partial charge is 0.342 e. The van der Waals surface area contributed by atoms with Crippen molar-refractivity contribution in [3.8, 4) is 0 Å². The molecule has 1 aromatic rings. The van der Waals surface area contributed by atoms with Gasteiger partial charge in [-0.05, 0) is 30.7 Å². The number of rotatable bonds is 3. The number of likely N-dealkylation sites (tertiary alicyclic amines) is 1. The van der Waals surface area contributed by atoms with Crippen LogP contribution in [0.1, 0.15) is 39.2 Å². The molecule has 0 aromatic heterocycles. The number of piperidine rings is 1. The maximum absolute atomic E-state index is 12.7. The van der Waals surface area contributed by atoms with E-state index in [0.717, 1.165) is 25.9 Å². The van der Waals surface area contributed by atoms with Crippen LogP contribution in [-0.2, 0) is 11.2 Å². The Labute approximate surface area is 116 Å². The molecule has 19 heavy (non-hydrogen) atoms. The highest BCUT2D eigenvalue weighted by molar-refractivity contribution is 5.82. The van der Waals surface area contributed by atoms with E-state index in [0.29, 0.717) is 11.8 Å². The molecule has 0 N–H and O–H groups in total. The fourth-order valence-electron chi connectivity index (χ4n) is 2.98. The van der Waals surface area contributed by atoms with Crippen LogP contribution >= 0.6 is 0 Å². The number of nitrogens with zero attached hydrogens (tertiary/aromatic N) is 1. The number of hydrogen-bond donors (Lipinski definition) is 0. The molecule has 0 spiro atoms. The van der Waals surface area contributed by atoms with Gasteiger partial charge >= 0.3 is 0 Å². The molecule has 1 fully saturated rings. The van der Waals surface area contributed by atoms with Crippen molar-refractivity contribution in [3.05, 3.63) is 35.9 Å². The van der Waals surface area contributed by atoms with Gasteiger partial charge in [0.25, 0.3) is 0 Å². The van der Waals surface area contributed by atoms with E-state index in [2.05, 4.69) is 37.8 Å². The third-order valence-electron chi connectivity index (χ3n) is 4.01. The first-order chi connectivity index (χ1) is 8.99. The van der Waals surface area contributed by atoms with Crippen molar-refractivity contribution in [3.63, 3.8) is 0 Å². The van der Waals surface area contributed by atoms with Crippen LogP contribution in [0.3, 0.4) is 0 Å². The Bertz CT molecular complexity index is 424. The summed E-state index contributed by atoms with van der Waals surface area (Å²) >= 11 is 0. The summed E-state index contributed by atoms with van der Waals surface area (Å²) in [5.74, 6) is 0.952. The van der Waals surface area contributed by atoms with Crippen LogP contribution in [0, 0.1) is 11.3 Å². The van der Waals surface area contributed by atoms with Crippen LogP contribution in [0.25, 0.3) is 0 Å². The first-order valence-corrected chi connectivity index (χ1v) is 7.32. The van der Waals surface area contributed by atoms with Crippen molar-refractivity contribution in [1.82, 2.24) is 4.90 Å². The SMILES string of the molecule is CC1CCCN(C(=O)C(C)(C)Cc2ccccc2)C1. The summed E-state index contributed by atoms with van der Waals surface area (Å²) in [4.78, 5) is 14.8. The van der Waals surface area contributed by atoms with Crippen LogP contribution in [0.4, 0.5) is 0 Å². The lowest BCUT2D eigenvalue weighted by atomic mass is 9.83. The molecule has 2 rings (SSSR count). The second kappa shape index (κ2) is 5.77. The number of benzene rings is 1. The number of carbonyl (C=O) groups is 1. The average molecular weight is 259 g/mol. The third-order valence-corrected chi connectivity index (χ3v) is 4.01. The second-order valence-electron chi connectivity index (χ2n) is 6.54. The molecule has 2 nitrogen and oxygen atoms in total. The Morgan fingerprint density at radius 3 is 2.63 bits per heavy atom. The molecular weight excluding hydrogens is 234 g/mol. The molecule has 1 unspecified atom stereocenters. The second-order valence-corrected chi connectivity index (χ2v) is 6.54. The standard InChI is InChI=1S/C17H25NO/c1-14-8-7-11-18(13-14)16(19)17(2,3)12-15-9-5-4-6-10-15/h4-6,9-10,14H,7-8,11-13H2,1-3H3. The number of carbonyl (C=O) groups excluding carboxylic acids is 1. The Balaban J connectivity index is 2.04. The summed E-state index contributed by atoms with van der Waals surface area (Å²) in [5, 5.41) is 0. The summed E-state index contributed by atoms with van der Waals surface area (Å²) < 4.78 is 0. The van der Waals surface area contributed by atoms with Gasteiger partial charge in [0.05, 0.1) is 0 Å². The fraction of sp³-hybridized carbons (Fsp3) is 0.588. The summed E-state index contributed by atoms with van der Waals surface area (Å²) in [5.41, 5.74) is 0.934. The van der Waals surface area contributed by atoms with Crippen molar-refractivity contribution >= 4 is 5.91 Å². The smallest absolute Gasteiger partial charge is 0.228 e. The van der Waals surface area contributed by atoms with Gasteiger partial charge in [0, 0.05) is 18.5 Å². The van der Waals surface area contributed by atoms with Crippen molar-refractivity contribution in [2.45, 2.75) is 40.0 Å². The van der Waals surface area contributed by atoms with Gasteiger partial charge in [-0.25, -0.2) is 0 Å². The van der Waals surface area contributed by atoms with E-state index < -0.39 is 0 Å². The van der Waals surface area contributed by atoms with Crippen LogP contribution < -0.4 is 0 Å². The van der Waals surface area contributed by atoms with Gasteiger partial charge in [0.2, 0.25) is 5.91 Å². The molecule has 0 aliphatic carbocycles. The van der Waals surface area contributed by atoms with E-state index in [-0.39, 0.29) is 5.41 Å². The zero-order valence-corrected chi connectivity index (χ0v) is 12.4. The molecular formula is C17H25NO. The van der Waals surface area contributed by atoms with E-state index in [1.54, 1.807) is 0 Å². The molecule has 104 valence electrons. The van der Waals surface area contributed by atoms with Crippen molar-refractivity contribution < 1.29 is 4.79 Å². The lowest BCUT2D eigenvalue weighted by Crippen LogP contribution is -2.46. The Hall–Kier alpha value is -1.31. The minimum Gasteiger partial charge on any atom is -0.342 e. The highest BCUT2D eigenvalue weighted by atomic mass is 16.2. The number of amides is 1. The van der Waals surface area contributed by atoms with E-state index >= 15 is 0 Å². The van der Waals surface area contributed by atoms with Crippen LogP contribution in [0.5, 0.6) is 0 Å². The zero-order chi connectivity index (χ0) is 13.9. The van der Waals surface area contributed by atoms with Gasteiger partial charge < -0.3 is 4.90 Å². The molecule has 1 aromatic carbocycles. The maximum Gasteiger partial charge on any atom is 0.228 e. The Morgan fingerprint density at radius 2 is 2.00 bits per heavy atom. The van der Waals surface area contributed by atoms with Gasteiger partial charge in [-0.3, -0.25) is 4.79 Å². The summed E-state index contributed by atoms with van der Waals surface area (Å²) in [7, 11) is 0. The Morgan fingerprint density at radius 1 is 1.32 bits per heavy atom. The van der Waals surface area contributed by atoms with Gasteiger partial charge in [-0.15, -0.1) is 0 Å². The zero-order valence-electron chi connectivity index (χ0n) is 12.4. The van der Waals surface area contributed by atoms with Crippen LogP contribution in [-0.4, -0.2) is 23.9 Å². The van der Waals surface area contributed by atoms with Crippen molar-refractivity contribution in [1.29, 1.82) is 0 Å². The average Bonchev–Trinajstić information content (AvgIpc) is 2.38. The summed E-state index contributed by atoms with van der Waals surface area (Å²) in [6, 6.07) is 10.3. The van der Waals surface area contributed by atoms with Gasteiger partial charge in [-0.1, -0.05) is 51.1 Å². The molecule has 1 atom stereocenters. The first-order valence-electron chi connectivity index (χ1n) is 7.32. The maximum atomic E-state index is 12.7. The first kappa shape index (κ1) is 14.1. The lowest BCUT2D eigenvalue weighted by Gasteiger charge is -2.36. The molecule has 0 bridgehead atoms. The molecule has 2 heteroatoms. The minimum absolute atomic E-state index is 0.307. The molecule has 1 amide bonds. The van der Waals surface area contributed by atoms with Crippen LogP contribution in [0.2, 0.25) is 0 Å². The minimum atomic E-state index is -0.307. The highest BCUT2D eigenvalue weighted by Gasteiger charge is 2.33. The van der Waals surface area contributed by atoms with E-state index in [9.17, 15) is 4.79 Å². The predicted molar refractivity (Wildman–Crippen MR) is 78.9 cm³/mol. The van der Waals surface area contributed by atoms with Gasteiger partial charge in [-0.2, -0.15) is 0 Å². The monoisotopic (exact) mass is 259 g/mol. The molecule has 0 saturated carbocycles. The van der Waals surface area contributed by atoms with Crippen molar-refractivity contribution in [2.24, 2.45) is 11.3 Å². The molecule has 1 saturated heterocycles. The predicted octanol–water partition coefficient (Wildman–Crippen LogP) is 3.51.